The summed E-state index contributed by atoms with van der Waals surface area (Å²) >= 11 is 0. The summed E-state index contributed by atoms with van der Waals surface area (Å²) in [5.41, 5.74) is 8.24. The number of aromatic hydroxyl groups is 4. The lowest BCUT2D eigenvalue weighted by atomic mass is 9.99. The van der Waals surface area contributed by atoms with Crippen LogP contribution in [0.4, 0.5) is 0 Å². The zero-order valence-electron chi connectivity index (χ0n) is 36.9. The summed E-state index contributed by atoms with van der Waals surface area (Å²) in [4.78, 5) is 82.6. The number of nitrogens with one attached hydrogen (secondary N) is 5. The van der Waals surface area contributed by atoms with E-state index in [1.54, 1.807) is 38.1 Å². The summed E-state index contributed by atoms with van der Waals surface area (Å²) in [5.74, 6) is -5.39. The summed E-state index contributed by atoms with van der Waals surface area (Å²) in [6.45, 7) is 7.37. The number of hydrogen-bond donors (Lipinski definition) is 11. The van der Waals surface area contributed by atoms with E-state index in [4.69, 9.17) is 5.73 Å². The second-order valence-corrected chi connectivity index (χ2v) is 17.0. The Labute approximate surface area is 377 Å². The Balaban J connectivity index is 1.70. The first-order valence-electron chi connectivity index (χ1n) is 21.4. The summed E-state index contributed by atoms with van der Waals surface area (Å²) in [5, 5.41) is 63.0. The van der Waals surface area contributed by atoms with Gasteiger partial charge in [-0.2, -0.15) is 0 Å². The Morgan fingerprint density at radius 2 is 0.631 bits per heavy atom. The molecule has 0 aliphatic carbocycles. The van der Waals surface area contributed by atoms with Crippen LogP contribution in [0.5, 0.6) is 23.0 Å². The van der Waals surface area contributed by atoms with Crippen molar-refractivity contribution in [2.75, 3.05) is 0 Å². The summed E-state index contributed by atoms with van der Waals surface area (Å²) in [6, 6.07) is 15.8. The molecule has 0 heterocycles. The number of phenols is 4. The number of aliphatic carboxylic acids is 1. The largest absolute Gasteiger partial charge is 0.508 e. The Kier molecular flexibility index (Phi) is 18.7. The fourth-order valence-electron chi connectivity index (χ4n) is 6.98. The zero-order chi connectivity index (χ0) is 47.8. The topological polar surface area (TPSA) is 290 Å². The quantitative estimate of drug-likeness (QED) is 0.0513. The normalized spacial score (nSPS) is 14.0. The molecule has 0 aliphatic heterocycles. The molecule has 4 aromatic rings. The number of hydrogen-bond acceptors (Lipinski definition) is 11. The zero-order valence-corrected chi connectivity index (χ0v) is 36.9. The number of rotatable bonds is 23. The lowest BCUT2D eigenvalue weighted by molar-refractivity contribution is -0.142. The molecule has 0 radical (unpaired) electrons. The van der Waals surface area contributed by atoms with Gasteiger partial charge in [-0.3, -0.25) is 24.0 Å². The highest BCUT2D eigenvalue weighted by atomic mass is 16.4. The maximum absolute atomic E-state index is 14.5. The van der Waals surface area contributed by atoms with E-state index in [1.165, 1.54) is 72.8 Å². The number of phenolic OH excluding ortho intramolecular Hbond substituents is 4. The van der Waals surface area contributed by atoms with Crippen molar-refractivity contribution in [3.05, 3.63) is 119 Å². The fourth-order valence-corrected chi connectivity index (χ4v) is 6.98. The van der Waals surface area contributed by atoms with E-state index in [-0.39, 0.29) is 66.9 Å². The predicted octanol–water partition coefficient (Wildman–Crippen LogP) is 2.71. The van der Waals surface area contributed by atoms with Gasteiger partial charge in [0, 0.05) is 25.7 Å². The predicted molar refractivity (Wildman–Crippen MR) is 241 cm³/mol. The summed E-state index contributed by atoms with van der Waals surface area (Å²) in [6.07, 6.45) is -0.111. The number of carbonyl (C=O) groups excluding carboxylic acids is 5. The van der Waals surface area contributed by atoms with E-state index in [9.17, 15) is 54.3 Å². The van der Waals surface area contributed by atoms with Gasteiger partial charge in [-0.25, -0.2) is 4.79 Å². The standard InChI is InChI=1S/C48H60N6O11/c1-27(2)21-37(49)43(59)50-38(23-29-5-13-33(55)14-6-29)44(60)51-39(24-30-7-15-34(56)16-8-30)45(61)52-40(25-31-9-17-35(57)18-10-31)46(62)53-41(26-32-11-19-36(58)20-12-32)47(63)54-42(48(64)65)22-28(3)4/h5-20,27-28,37-42,55-58H,21-26,49H2,1-4H3,(H,50,59)(H,51,60)(H,52,61)(H,53,62)(H,54,63)(H,64,65)/t37-,38-,39-,40-,41-,42-/m0/s1. The molecule has 0 fully saturated rings. The Hall–Kier alpha value is -7.14. The monoisotopic (exact) mass is 896 g/mol. The van der Waals surface area contributed by atoms with Crippen LogP contribution in [0, 0.1) is 11.8 Å². The average Bonchev–Trinajstić information content (AvgIpc) is 3.24. The van der Waals surface area contributed by atoms with Crippen molar-refractivity contribution in [2.24, 2.45) is 17.6 Å². The SMILES string of the molecule is CC(C)C[C@H](NC(=O)[C@H](Cc1ccc(O)cc1)NC(=O)[C@H](Cc1ccc(O)cc1)NC(=O)[C@H](Cc1ccc(O)cc1)NC(=O)[C@H](Cc1ccc(O)cc1)NC(=O)[C@@H](N)CC(C)C)C(=O)O. The van der Waals surface area contributed by atoms with E-state index in [0.29, 0.717) is 28.7 Å². The van der Waals surface area contributed by atoms with Gasteiger partial charge in [0.25, 0.3) is 0 Å². The molecule has 0 aliphatic rings. The third kappa shape index (κ3) is 16.8. The van der Waals surface area contributed by atoms with Crippen molar-refractivity contribution in [3.63, 3.8) is 0 Å². The molecule has 65 heavy (non-hydrogen) atoms. The Morgan fingerprint density at radius 1 is 0.400 bits per heavy atom. The first-order chi connectivity index (χ1) is 30.8. The minimum absolute atomic E-state index is 0.0165. The first kappa shape index (κ1) is 50.5. The van der Waals surface area contributed by atoms with Crippen LogP contribution in [-0.4, -0.2) is 97.3 Å². The van der Waals surface area contributed by atoms with Crippen molar-refractivity contribution in [1.82, 2.24) is 26.6 Å². The van der Waals surface area contributed by atoms with Crippen molar-refractivity contribution < 1.29 is 54.3 Å². The van der Waals surface area contributed by atoms with Crippen LogP contribution in [0.2, 0.25) is 0 Å². The molecule has 17 heteroatoms. The fraction of sp³-hybridized carbons (Fsp3) is 0.375. The number of amides is 5. The number of carboxylic acids is 1. The van der Waals surface area contributed by atoms with E-state index in [0.717, 1.165) is 0 Å². The molecule has 0 saturated carbocycles. The van der Waals surface area contributed by atoms with E-state index in [1.807, 2.05) is 13.8 Å². The third-order valence-corrected chi connectivity index (χ3v) is 10.4. The van der Waals surface area contributed by atoms with Crippen LogP contribution >= 0.6 is 0 Å². The third-order valence-electron chi connectivity index (χ3n) is 10.4. The van der Waals surface area contributed by atoms with Gasteiger partial charge in [0.15, 0.2) is 0 Å². The van der Waals surface area contributed by atoms with Crippen LogP contribution in [0.3, 0.4) is 0 Å². The highest BCUT2D eigenvalue weighted by molar-refractivity contribution is 5.96. The molecular formula is C48H60N6O11. The molecule has 12 N–H and O–H groups in total. The van der Waals surface area contributed by atoms with Gasteiger partial charge in [-0.1, -0.05) is 76.2 Å². The van der Waals surface area contributed by atoms with Crippen LogP contribution in [0.1, 0.15) is 62.8 Å². The van der Waals surface area contributed by atoms with Crippen LogP contribution < -0.4 is 32.3 Å². The molecule has 0 saturated heterocycles. The van der Waals surface area contributed by atoms with E-state index in [2.05, 4.69) is 26.6 Å². The second kappa shape index (κ2) is 24.1. The molecule has 6 atom stereocenters. The van der Waals surface area contributed by atoms with E-state index >= 15 is 0 Å². The molecule has 348 valence electrons. The average molecular weight is 897 g/mol. The molecule has 0 aromatic heterocycles. The highest BCUT2D eigenvalue weighted by Gasteiger charge is 2.34. The second-order valence-electron chi connectivity index (χ2n) is 17.0. The summed E-state index contributed by atoms with van der Waals surface area (Å²) in [7, 11) is 0. The minimum Gasteiger partial charge on any atom is -0.508 e. The molecule has 17 nitrogen and oxygen atoms in total. The highest BCUT2D eigenvalue weighted by Crippen LogP contribution is 2.17. The van der Waals surface area contributed by atoms with Gasteiger partial charge in [0.05, 0.1) is 6.04 Å². The molecule has 0 bridgehead atoms. The van der Waals surface area contributed by atoms with Crippen LogP contribution in [-0.2, 0) is 54.5 Å². The van der Waals surface area contributed by atoms with Crippen molar-refractivity contribution in [1.29, 1.82) is 0 Å². The van der Waals surface area contributed by atoms with Gasteiger partial charge < -0.3 is 57.9 Å². The van der Waals surface area contributed by atoms with Crippen molar-refractivity contribution in [3.8, 4) is 23.0 Å². The minimum atomic E-state index is -1.44. The van der Waals surface area contributed by atoms with Gasteiger partial charge in [0.1, 0.15) is 53.2 Å². The maximum atomic E-state index is 14.5. The number of benzene rings is 4. The molecule has 4 rings (SSSR count). The van der Waals surface area contributed by atoms with Crippen LogP contribution in [0.15, 0.2) is 97.1 Å². The van der Waals surface area contributed by atoms with Gasteiger partial charge in [-0.15, -0.1) is 0 Å². The number of carbonyl (C=O) groups is 6. The molecular weight excluding hydrogens is 837 g/mol. The van der Waals surface area contributed by atoms with Gasteiger partial charge >= 0.3 is 5.97 Å². The van der Waals surface area contributed by atoms with Crippen molar-refractivity contribution >= 4 is 35.5 Å². The van der Waals surface area contributed by atoms with Gasteiger partial charge in [-0.05, 0) is 95.5 Å². The van der Waals surface area contributed by atoms with Crippen LogP contribution in [0.25, 0.3) is 0 Å². The van der Waals surface area contributed by atoms with Gasteiger partial charge in [0.2, 0.25) is 29.5 Å². The molecule has 4 aromatic carbocycles. The van der Waals surface area contributed by atoms with E-state index < -0.39 is 71.8 Å². The Bertz CT molecular complexity index is 2220. The lowest BCUT2D eigenvalue weighted by Gasteiger charge is -2.28. The molecule has 5 amide bonds. The smallest absolute Gasteiger partial charge is 0.326 e. The molecule has 0 unspecified atom stereocenters. The lowest BCUT2D eigenvalue weighted by Crippen LogP contribution is -2.60. The first-order valence-corrected chi connectivity index (χ1v) is 21.4. The maximum Gasteiger partial charge on any atom is 0.326 e. The summed E-state index contributed by atoms with van der Waals surface area (Å²) < 4.78 is 0. The number of carboxylic acid groups (broad SMARTS) is 1. The molecule has 0 spiro atoms. The Morgan fingerprint density at radius 3 is 0.862 bits per heavy atom. The number of nitrogens with two attached hydrogens (primary N) is 1. The van der Waals surface area contributed by atoms with Crippen molar-refractivity contribution in [2.45, 2.75) is 102 Å².